The molecule has 1 atom stereocenters. The van der Waals surface area contributed by atoms with Crippen molar-refractivity contribution in [2.75, 3.05) is 39.4 Å². The van der Waals surface area contributed by atoms with Gasteiger partial charge in [0, 0.05) is 50.5 Å². The Labute approximate surface area is 146 Å². The van der Waals surface area contributed by atoms with Crippen molar-refractivity contribution in [1.29, 1.82) is 0 Å². The Hall–Kier alpha value is -0.0300. The van der Waals surface area contributed by atoms with E-state index in [-0.39, 0.29) is 6.04 Å². The Balaban J connectivity index is 1.96. The predicted octanol–water partition coefficient (Wildman–Crippen LogP) is 4.02. The van der Waals surface area contributed by atoms with Crippen LogP contribution in [-0.2, 0) is 4.74 Å². The largest absolute Gasteiger partial charge is 0.381 e. The van der Waals surface area contributed by atoms with Gasteiger partial charge in [0.2, 0.25) is 0 Å². The zero-order valence-electron chi connectivity index (χ0n) is 12.5. The molecule has 1 aromatic rings. The van der Waals surface area contributed by atoms with E-state index in [1.54, 1.807) is 6.07 Å². The lowest BCUT2D eigenvalue weighted by molar-refractivity contribution is 0.0213. The summed E-state index contributed by atoms with van der Waals surface area (Å²) in [7, 11) is 0. The van der Waals surface area contributed by atoms with Crippen LogP contribution in [0.2, 0.25) is 15.1 Å². The van der Waals surface area contributed by atoms with E-state index in [4.69, 9.17) is 39.5 Å². The molecule has 22 heavy (non-hydrogen) atoms. The molecule has 1 N–H and O–H groups in total. The lowest BCUT2D eigenvalue weighted by Crippen LogP contribution is -2.47. The van der Waals surface area contributed by atoms with Crippen molar-refractivity contribution >= 4 is 34.8 Å². The van der Waals surface area contributed by atoms with E-state index < -0.39 is 0 Å². The SMILES string of the molecule is Clc1cc(Cl)c(Cl)c([C@@H](C2CCOCC2)N2CCNCC2)c1. The van der Waals surface area contributed by atoms with Gasteiger partial charge in [-0.3, -0.25) is 4.90 Å². The first-order chi connectivity index (χ1) is 10.7. The van der Waals surface area contributed by atoms with Crippen molar-refractivity contribution in [2.24, 2.45) is 5.92 Å². The fourth-order valence-corrected chi connectivity index (χ4v) is 4.26. The number of hydrogen-bond acceptors (Lipinski definition) is 3. The van der Waals surface area contributed by atoms with Gasteiger partial charge in [-0.1, -0.05) is 34.8 Å². The highest BCUT2D eigenvalue weighted by Gasteiger charge is 2.33. The smallest absolute Gasteiger partial charge is 0.0641 e. The molecule has 2 saturated heterocycles. The number of nitrogens with zero attached hydrogens (tertiary/aromatic N) is 1. The molecule has 2 aliphatic heterocycles. The Morgan fingerprint density at radius 2 is 1.77 bits per heavy atom. The number of ether oxygens (including phenoxy) is 1. The Bertz CT molecular complexity index is 496. The number of hydrogen-bond donors (Lipinski definition) is 1. The van der Waals surface area contributed by atoms with Gasteiger partial charge in [0.25, 0.3) is 0 Å². The molecule has 2 aliphatic rings. The van der Waals surface area contributed by atoms with Crippen LogP contribution < -0.4 is 5.32 Å². The summed E-state index contributed by atoms with van der Waals surface area (Å²) in [6.07, 6.45) is 2.10. The van der Waals surface area contributed by atoms with Crippen LogP contribution in [0.3, 0.4) is 0 Å². The summed E-state index contributed by atoms with van der Waals surface area (Å²) >= 11 is 19.0. The van der Waals surface area contributed by atoms with E-state index in [0.29, 0.717) is 21.0 Å². The van der Waals surface area contributed by atoms with Crippen molar-refractivity contribution in [3.8, 4) is 0 Å². The van der Waals surface area contributed by atoms with E-state index >= 15 is 0 Å². The minimum atomic E-state index is 0.259. The average molecular weight is 364 g/mol. The molecule has 0 bridgehead atoms. The van der Waals surface area contributed by atoms with Crippen LogP contribution in [0.15, 0.2) is 12.1 Å². The highest BCUT2D eigenvalue weighted by atomic mass is 35.5. The summed E-state index contributed by atoms with van der Waals surface area (Å²) in [4.78, 5) is 2.51. The molecule has 122 valence electrons. The van der Waals surface area contributed by atoms with Gasteiger partial charge in [-0.25, -0.2) is 0 Å². The van der Waals surface area contributed by atoms with E-state index in [1.807, 2.05) is 6.07 Å². The monoisotopic (exact) mass is 362 g/mol. The van der Waals surface area contributed by atoms with Gasteiger partial charge >= 0.3 is 0 Å². The second-order valence-electron chi connectivity index (χ2n) is 5.97. The fraction of sp³-hybridized carbons (Fsp3) is 0.625. The average Bonchev–Trinajstić information content (AvgIpc) is 2.54. The summed E-state index contributed by atoms with van der Waals surface area (Å²) in [6.45, 7) is 5.68. The van der Waals surface area contributed by atoms with Crippen LogP contribution in [0.25, 0.3) is 0 Å². The second-order valence-corrected chi connectivity index (χ2v) is 7.19. The molecular formula is C16H21Cl3N2O. The van der Waals surface area contributed by atoms with Crippen molar-refractivity contribution in [2.45, 2.75) is 18.9 Å². The first kappa shape index (κ1) is 16.8. The highest BCUT2D eigenvalue weighted by Crippen LogP contribution is 2.42. The Morgan fingerprint density at radius 1 is 1.09 bits per heavy atom. The summed E-state index contributed by atoms with van der Waals surface area (Å²) in [5.74, 6) is 0.527. The molecule has 0 radical (unpaired) electrons. The normalized spacial score (nSPS) is 22.7. The molecule has 3 nitrogen and oxygen atoms in total. The maximum atomic E-state index is 6.53. The van der Waals surface area contributed by atoms with Crippen LogP contribution in [0.1, 0.15) is 24.4 Å². The van der Waals surface area contributed by atoms with Gasteiger partial charge in [0.1, 0.15) is 0 Å². The van der Waals surface area contributed by atoms with E-state index in [9.17, 15) is 0 Å². The summed E-state index contributed by atoms with van der Waals surface area (Å²) in [5, 5.41) is 5.24. The van der Waals surface area contributed by atoms with E-state index in [1.165, 1.54) is 0 Å². The number of piperazine rings is 1. The van der Waals surface area contributed by atoms with Crippen molar-refractivity contribution in [1.82, 2.24) is 10.2 Å². The summed E-state index contributed by atoms with van der Waals surface area (Å²) < 4.78 is 5.53. The number of nitrogens with one attached hydrogen (secondary N) is 1. The molecule has 3 rings (SSSR count). The molecule has 2 fully saturated rings. The zero-order chi connectivity index (χ0) is 15.5. The van der Waals surface area contributed by atoms with Crippen molar-refractivity contribution in [3.63, 3.8) is 0 Å². The minimum absolute atomic E-state index is 0.259. The first-order valence-corrected chi connectivity index (χ1v) is 8.97. The number of halogens is 3. The van der Waals surface area contributed by atoms with Gasteiger partial charge in [0.05, 0.1) is 10.0 Å². The molecule has 6 heteroatoms. The quantitative estimate of drug-likeness (QED) is 0.821. The summed E-state index contributed by atoms with van der Waals surface area (Å²) in [6, 6.07) is 3.96. The zero-order valence-corrected chi connectivity index (χ0v) is 14.7. The van der Waals surface area contributed by atoms with Crippen LogP contribution in [0, 0.1) is 5.92 Å². The van der Waals surface area contributed by atoms with Crippen LogP contribution >= 0.6 is 34.8 Å². The molecule has 0 amide bonds. The second kappa shape index (κ2) is 7.69. The molecule has 0 aromatic heterocycles. The van der Waals surface area contributed by atoms with Gasteiger partial charge in [-0.2, -0.15) is 0 Å². The molecular weight excluding hydrogens is 343 g/mol. The van der Waals surface area contributed by atoms with Crippen LogP contribution in [0.5, 0.6) is 0 Å². The lowest BCUT2D eigenvalue weighted by atomic mass is 9.85. The third-order valence-electron chi connectivity index (χ3n) is 4.60. The van der Waals surface area contributed by atoms with Gasteiger partial charge in [0.15, 0.2) is 0 Å². The van der Waals surface area contributed by atoms with E-state index in [2.05, 4.69) is 10.2 Å². The molecule has 2 heterocycles. The topological polar surface area (TPSA) is 24.5 Å². The maximum absolute atomic E-state index is 6.53. The number of benzene rings is 1. The van der Waals surface area contributed by atoms with Gasteiger partial charge in [-0.05, 0) is 36.5 Å². The van der Waals surface area contributed by atoms with Crippen LogP contribution in [0.4, 0.5) is 0 Å². The highest BCUT2D eigenvalue weighted by molar-refractivity contribution is 6.43. The minimum Gasteiger partial charge on any atom is -0.381 e. The van der Waals surface area contributed by atoms with Crippen molar-refractivity contribution < 1.29 is 4.74 Å². The predicted molar refractivity (Wildman–Crippen MR) is 92.2 cm³/mol. The molecule has 0 aliphatic carbocycles. The third kappa shape index (κ3) is 3.72. The molecule has 1 aromatic carbocycles. The Kier molecular flexibility index (Phi) is 5.88. The first-order valence-electron chi connectivity index (χ1n) is 7.84. The van der Waals surface area contributed by atoms with Crippen molar-refractivity contribution in [3.05, 3.63) is 32.8 Å². The Morgan fingerprint density at radius 3 is 2.45 bits per heavy atom. The van der Waals surface area contributed by atoms with E-state index in [0.717, 1.165) is 57.8 Å². The van der Waals surface area contributed by atoms with Gasteiger partial charge < -0.3 is 10.1 Å². The lowest BCUT2D eigenvalue weighted by Gasteiger charge is -2.41. The third-order valence-corrected chi connectivity index (χ3v) is 5.63. The fourth-order valence-electron chi connectivity index (χ4n) is 3.53. The summed E-state index contributed by atoms with van der Waals surface area (Å²) in [5.41, 5.74) is 1.06. The molecule has 0 saturated carbocycles. The molecule has 0 spiro atoms. The number of rotatable bonds is 3. The molecule has 0 unspecified atom stereocenters. The maximum Gasteiger partial charge on any atom is 0.0641 e. The standard InChI is InChI=1S/C16H21Cl3N2O/c17-12-9-13(15(19)14(18)10-12)16(11-1-7-22-8-2-11)21-5-3-20-4-6-21/h9-11,16,20H,1-8H2/t16-/m1/s1. The van der Waals surface area contributed by atoms with Gasteiger partial charge in [-0.15, -0.1) is 0 Å². The van der Waals surface area contributed by atoms with Crippen LogP contribution in [-0.4, -0.2) is 44.3 Å².